The van der Waals surface area contributed by atoms with Crippen LogP contribution in [0, 0.1) is 15.4 Å². The lowest BCUT2D eigenvalue weighted by Crippen LogP contribution is -2.35. The lowest BCUT2D eigenvalue weighted by Gasteiger charge is -2.21. The van der Waals surface area contributed by atoms with Gasteiger partial charge >= 0.3 is 5.97 Å². The Bertz CT molecular complexity index is 527. The van der Waals surface area contributed by atoms with Gasteiger partial charge in [-0.05, 0) is 54.0 Å². The third-order valence-corrected chi connectivity index (χ3v) is 4.17. The topological polar surface area (TPSA) is 70.5 Å². The summed E-state index contributed by atoms with van der Waals surface area (Å²) >= 11 is 2.16. The van der Waals surface area contributed by atoms with Crippen LogP contribution in [0.1, 0.15) is 19.3 Å². The molecule has 1 N–H and O–H groups in total. The van der Waals surface area contributed by atoms with Crippen molar-refractivity contribution in [2.45, 2.75) is 25.3 Å². The van der Waals surface area contributed by atoms with Gasteiger partial charge in [0.2, 0.25) is 5.91 Å². The smallest absolute Gasteiger partial charge is 0.307 e. The Morgan fingerprint density at radius 1 is 1.32 bits per heavy atom. The van der Waals surface area contributed by atoms with Crippen molar-refractivity contribution >= 4 is 40.3 Å². The monoisotopic (exact) mass is 372 g/mol. The summed E-state index contributed by atoms with van der Waals surface area (Å²) in [4.78, 5) is 29.3. The van der Waals surface area contributed by atoms with Crippen LogP contribution in [0.5, 0.6) is 0 Å². The van der Waals surface area contributed by atoms with Gasteiger partial charge in [0.15, 0.2) is 0 Å². The minimum absolute atomic E-state index is 0.0800. The first-order valence-corrected chi connectivity index (χ1v) is 7.33. The quantitative estimate of drug-likeness (QED) is 0.820. The molecule has 2 fully saturated rings. The number of rotatable bonds is 4. The zero-order valence-electron chi connectivity index (χ0n) is 10.1. The maximum atomic E-state index is 12.4. The minimum atomic E-state index is -0.871. The van der Waals surface area contributed by atoms with Crippen molar-refractivity contribution in [3.63, 3.8) is 0 Å². The van der Waals surface area contributed by atoms with E-state index in [1.165, 1.54) is 0 Å². The Morgan fingerprint density at radius 3 is 2.53 bits per heavy atom. The summed E-state index contributed by atoms with van der Waals surface area (Å²) in [6, 6.07) is 3.94. The summed E-state index contributed by atoms with van der Waals surface area (Å²) in [5.74, 6) is -1.17. The summed E-state index contributed by atoms with van der Waals surface area (Å²) < 4.78 is 1.01. The van der Waals surface area contributed by atoms with Crippen molar-refractivity contribution in [3.8, 4) is 0 Å². The van der Waals surface area contributed by atoms with Crippen LogP contribution in [0.15, 0.2) is 18.3 Å². The second kappa shape index (κ2) is 4.73. The third kappa shape index (κ3) is 2.58. The predicted octanol–water partition coefficient (Wildman–Crippen LogP) is 1.90. The van der Waals surface area contributed by atoms with E-state index in [4.69, 9.17) is 5.11 Å². The number of hydrogen-bond acceptors (Lipinski definition) is 3. The fourth-order valence-electron chi connectivity index (χ4n) is 2.24. The highest BCUT2D eigenvalue weighted by molar-refractivity contribution is 14.1. The first-order chi connectivity index (χ1) is 9.08. The van der Waals surface area contributed by atoms with Gasteiger partial charge in [0, 0.05) is 15.8 Å². The molecule has 2 unspecified atom stereocenters. The summed E-state index contributed by atoms with van der Waals surface area (Å²) in [6.45, 7) is 0. The molecule has 100 valence electrons. The first kappa shape index (κ1) is 12.8. The summed E-state index contributed by atoms with van der Waals surface area (Å²) in [6.07, 6.45) is 4.13. The maximum Gasteiger partial charge on any atom is 0.307 e. The zero-order valence-corrected chi connectivity index (χ0v) is 12.3. The molecule has 5 nitrogen and oxygen atoms in total. The van der Waals surface area contributed by atoms with Crippen LogP contribution in [-0.2, 0) is 9.59 Å². The van der Waals surface area contributed by atoms with Gasteiger partial charge < -0.3 is 5.11 Å². The number of aliphatic carboxylic acids is 1. The largest absolute Gasteiger partial charge is 0.481 e. The number of halogens is 1. The lowest BCUT2D eigenvalue weighted by atomic mass is 10.2. The number of nitrogens with zero attached hydrogens (tertiary/aromatic N) is 2. The van der Waals surface area contributed by atoms with Gasteiger partial charge in [-0.15, -0.1) is 0 Å². The van der Waals surface area contributed by atoms with Crippen LogP contribution in [0.3, 0.4) is 0 Å². The number of amides is 1. The van der Waals surface area contributed by atoms with Crippen molar-refractivity contribution in [2.75, 3.05) is 4.90 Å². The second-order valence-corrected chi connectivity index (χ2v) is 6.31. The van der Waals surface area contributed by atoms with E-state index in [-0.39, 0.29) is 17.9 Å². The Balaban J connectivity index is 1.80. The molecule has 1 heterocycles. The molecule has 0 spiro atoms. The molecule has 19 heavy (non-hydrogen) atoms. The van der Waals surface area contributed by atoms with Crippen molar-refractivity contribution in [3.05, 3.63) is 21.9 Å². The van der Waals surface area contributed by atoms with Gasteiger partial charge in [0.1, 0.15) is 5.82 Å². The summed E-state index contributed by atoms with van der Waals surface area (Å²) in [7, 11) is 0. The van der Waals surface area contributed by atoms with Crippen LogP contribution < -0.4 is 4.90 Å². The van der Waals surface area contributed by atoms with E-state index in [0.717, 1.165) is 16.4 Å². The molecule has 0 saturated heterocycles. The molecule has 0 bridgehead atoms. The Hall–Kier alpha value is -1.18. The molecule has 0 aromatic carbocycles. The standard InChI is InChI=1S/C13H13IN2O3/c14-7-1-4-11(15-6-7)16(8-2-3-8)12(17)9-5-10(9)13(18)19/h1,4,6,8-10H,2-3,5H2,(H,18,19). The highest BCUT2D eigenvalue weighted by atomic mass is 127. The lowest BCUT2D eigenvalue weighted by molar-refractivity contribution is -0.140. The highest BCUT2D eigenvalue weighted by Gasteiger charge is 2.52. The second-order valence-electron chi connectivity index (χ2n) is 5.06. The highest BCUT2D eigenvalue weighted by Crippen LogP contribution is 2.43. The van der Waals surface area contributed by atoms with E-state index < -0.39 is 11.9 Å². The fraction of sp³-hybridized carbons (Fsp3) is 0.462. The van der Waals surface area contributed by atoms with Crippen molar-refractivity contribution in [1.29, 1.82) is 0 Å². The van der Waals surface area contributed by atoms with E-state index in [2.05, 4.69) is 27.6 Å². The number of carbonyl (C=O) groups excluding carboxylic acids is 1. The van der Waals surface area contributed by atoms with Crippen LogP contribution >= 0.6 is 22.6 Å². The van der Waals surface area contributed by atoms with Gasteiger partial charge in [-0.1, -0.05) is 0 Å². The molecule has 0 aliphatic heterocycles. The Labute approximate surface area is 124 Å². The summed E-state index contributed by atoms with van der Waals surface area (Å²) in [5.41, 5.74) is 0. The molecule has 3 rings (SSSR count). The van der Waals surface area contributed by atoms with Gasteiger partial charge in [0.05, 0.1) is 11.8 Å². The molecule has 2 saturated carbocycles. The van der Waals surface area contributed by atoms with Crippen LogP contribution in [0.4, 0.5) is 5.82 Å². The molecule has 2 aliphatic carbocycles. The average molecular weight is 372 g/mol. The van der Waals surface area contributed by atoms with Crippen LogP contribution in [0.2, 0.25) is 0 Å². The number of carboxylic acid groups (broad SMARTS) is 1. The average Bonchev–Trinajstić information content (AvgIpc) is 3.25. The molecular formula is C13H13IN2O3. The third-order valence-electron chi connectivity index (χ3n) is 3.53. The van der Waals surface area contributed by atoms with Gasteiger partial charge in [-0.2, -0.15) is 0 Å². The van der Waals surface area contributed by atoms with E-state index in [1.54, 1.807) is 11.1 Å². The number of carboxylic acids is 1. The fourth-order valence-corrected chi connectivity index (χ4v) is 2.56. The van der Waals surface area contributed by atoms with E-state index in [0.29, 0.717) is 12.2 Å². The van der Waals surface area contributed by atoms with E-state index in [9.17, 15) is 9.59 Å². The number of aromatic nitrogens is 1. The van der Waals surface area contributed by atoms with Gasteiger partial charge in [-0.3, -0.25) is 14.5 Å². The molecule has 1 amide bonds. The minimum Gasteiger partial charge on any atom is -0.481 e. The van der Waals surface area contributed by atoms with Crippen molar-refractivity contribution < 1.29 is 14.7 Å². The molecule has 2 atom stereocenters. The number of carbonyl (C=O) groups is 2. The van der Waals surface area contributed by atoms with Crippen molar-refractivity contribution in [2.24, 2.45) is 11.8 Å². The van der Waals surface area contributed by atoms with Gasteiger partial charge in [0.25, 0.3) is 0 Å². The number of anilines is 1. The number of hydrogen-bond donors (Lipinski definition) is 1. The predicted molar refractivity (Wildman–Crippen MR) is 76.7 cm³/mol. The zero-order chi connectivity index (χ0) is 13.6. The van der Waals surface area contributed by atoms with Crippen LogP contribution in [-0.4, -0.2) is 28.0 Å². The molecule has 1 aromatic heterocycles. The van der Waals surface area contributed by atoms with E-state index >= 15 is 0 Å². The Morgan fingerprint density at radius 2 is 2.05 bits per heavy atom. The van der Waals surface area contributed by atoms with Crippen LogP contribution in [0.25, 0.3) is 0 Å². The molecular weight excluding hydrogens is 359 g/mol. The van der Waals surface area contributed by atoms with Crippen molar-refractivity contribution in [1.82, 2.24) is 4.98 Å². The molecule has 6 heteroatoms. The Kier molecular flexibility index (Phi) is 3.20. The molecule has 2 aliphatic rings. The maximum absolute atomic E-state index is 12.4. The first-order valence-electron chi connectivity index (χ1n) is 6.25. The normalized spacial score (nSPS) is 24.9. The summed E-state index contributed by atoms with van der Waals surface area (Å²) in [5, 5.41) is 8.93. The van der Waals surface area contributed by atoms with E-state index in [1.807, 2.05) is 12.1 Å². The van der Waals surface area contributed by atoms with Gasteiger partial charge in [-0.25, -0.2) is 4.98 Å². The molecule has 1 aromatic rings. The SMILES string of the molecule is O=C(O)C1CC1C(=O)N(c1ccc(I)cn1)C1CC1. The molecule has 0 radical (unpaired) electrons. The number of pyridine rings is 1.